The van der Waals surface area contributed by atoms with Crippen LogP contribution in [0.25, 0.3) is 0 Å². The van der Waals surface area contributed by atoms with Crippen molar-refractivity contribution in [1.82, 2.24) is 15.5 Å². The topological polar surface area (TPSA) is 80.5 Å². The molecule has 2 aromatic rings. The fraction of sp³-hybridized carbons (Fsp3) is 0.542. The zero-order chi connectivity index (χ0) is 21.8. The van der Waals surface area contributed by atoms with Gasteiger partial charge in [0.05, 0.1) is 39.2 Å². The van der Waals surface area contributed by atoms with E-state index < -0.39 is 0 Å². The molecule has 1 saturated heterocycles. The number of aliphatic imine (C=N–C) groups is 1. The Morgan fingerprint density at radius 2 is 1.82 bits per heavy atom. The van der Waals surface area contributed by atoms with Crippen LogP contribution in [0.1, 0.15) is 24.2 Å². The lowest BCUT2D eigenvalue weighted by Crippen LogP contribution is -2.41. The number of furan rings is 1. The Hall–Kier alpha value is -1.98. The molecule has 0 amide bonds. The van der Waals surface area contributed by atoms with Gasteiger partial charge in [0.25, 0.3) is 0 Å². The van der Waals surface area contributed by atoms with Gasteiger partial charge in [-0.1, -0.05) is 12.1 Å². The maximum Gasteiger partial charge on any atom is 0.191 e. The highest BCUT2D eigenvalue weighted by Gasteiger charge is 2.14. The molecule has 0 radical (unpaired) electrons. The number of hydrogen-bond donors (Lipinski definition) is 2. The molecular weight excluding hydrogens is 535 g/mol. The number of guanidine groups is 1. The Morgan fingerprint density at radius 3 is 2.67 bits per heavy atom. The maximum absolute atomic E-state index is 5.94. The van der Waals surface area contributed by atoms with E-state index in [1.54, 1.807) is 6.26 Å². The molecule has 0 saturated carbocycles. The van der Waals surface area contributed by atoms with Crippen LogP contribution in [0.2, 0.25) is 0 Å². The van der Waals surface area contributed by atoms with Crippen LogP contribution < -0.4 is 20.1 Å². The lowest BCUT2D eigenvalue weighted by Gasteiger charge is -2.26. The predicted octanol–water partition coefficient (Wildman–Crippen LogP) is 3.06. The fourth-order valence-electron chi connectivity index (χ4n) is 3.81. The lowest BCUT2D eigenvalue weighted by atomic mass is 10.2. The van der Waals surface area contributed by atoms with E-state index in [-0.39, 0.29) is 24.0 Å². The first-order valence-electron chi connectivity index (χ1n) is 11.6. The summed E-state index contributed by atoms with van der Waals surface area (Å²) >= 11 is 0. The quantitative estimate of drug-likeness (QED) is 0.208. The van der Waals surface area contributed by atoms with Crippen LogP contribution in [-0.2, 0) is 17.7 Å². The molecule has 0 spiro atoms. The summed E-state index contributed by atoms with van der Waals surface area (Å²) in [5.74, 6) is 3.38. The zero-order valence-corrected chi connectivity index (χ0v) is 21.4. The minimum absolute atomic E-state index is 0. The normalized spacial score (nSPS) is 16.5. The van der Waals surface area contributed by atoms with Crippen molar-refractivity contribution in [2.24, 2.45) is 4.99 Å². The monoisotopic (exact) mass is 570 g/mol. The van der Waals surface area contributed by atoms with Gasteiger partial charge in [-0.2, -0.15) is 0 Å². The van der Waals surface area contributed by atoms with Crippen LogP contribution in [0.4, 0.5) is 0 Å². The van der Waals surface area contributed by atoms with Crippen molar-refractivity contribution < 1.29 is 18.6 Å². The molecule has 2 aliphatic rings. The molecule has 1 aromatic heterocycles. The van der Waals surface area contributed by atoms with E-state index in [1.807, 2.05) is 24.3 Å². The summed E-state index contributed by atoms with van der Waals surface area (Å²) in [5, 5.41) is 6.91. The fourth-order valence-corrected chi connectivity index (χ4v) is 3.81. The van der Waals surface area contributed by atoms with Gasteiger partial charge in [0, 0.05) is 44.6 Å². The summed E-state index contributed by atoms with van der Waals surface area (Å²) in [5.41, 5.74) is 1.03. The largest absolute Gasteiger partial charge is 0.490 e. The SMILES string of the molecule is I.c1coc(CCNC(=NCc2cccc3c2OCCCO3)NCCCN2CCOCC2)c1. The van der Waals surface area contributed by atoms with Crippen LogP contribution in [0.3, 0.4) is 0 Å². The van der Waals surface area contributed by atoms with Gasteiger partial charge in [0.2, 0.25) is 0 Å². The third-order valence-electron chi connectivity index (χ3n) is 5.55. The van der Waals surface area contributed by atoms with Gasteiger partial charge in [0.1, 0.15) is 5.76 Å². The van der Waals surface area contributed by atoms with E-state index in [0.717, 1.165) is 94.0 Å². The third kappa shape index (κ3) is 8.38. The molecule has 182 valence electrons. The van der Waals surface area contributed by atoms with Crippen LogP contribution in [0, 0.1) is 0 Å². The third-order valence-corrected chi connectivity index (χ3v) is 5.55. The van der Waals surface area contributed by atoms with E-state index in [2.05, 4.69) is 21.6 Å². The molecule has 1 fully saturated rings. The van der Waals surface area contributed by atoms with Gasteiger partial charge in [-0.15, -0.1) is 24.0 Å². The second-order valence-corrected chi connectivity index (χ2v) is 7.95. The molecule has 2 N–H and O–H groups in total. The summed E-state index contributed by atoms with van der Waals surface area (Å²) in [6.45, 7) is 8.24. The van der Waals surface area contributed by atoms with Gasteiger partial charge in [0.15, 0.2) is 17.5 Å². The van der Waals surface area contributed by atoms with Gasteiger partial charge < -0.3 is 29.3 Å². The average molecular weight is 570 g/mol. The van der Waals surface area contributed by atoms with Crippen molar-refractivity contribution in [3.8, 4) is 11.5 Å². The van der Waals surface area contributed by atoms with Crippen LogP contribution in [0.15, 0.2) is 46.0 Å². The standard InChI is InChI=1S/C24H34N4O4.HI/c1-5-20(23-22(7-1)31-15-4-16-32-23)19-27-24(26-10-8-21-6-2-14-30-21)25-9-3-11-28-12-17-29-18-13-28;/h1-2,5-7,14H,3-4,8-13,15-19H2,(H2,25,26,27);1H. The second-order valence-electron chi connectivity index (χ2n) is 7.95. The molecule has 1 aromatic carbocycles. The minimum Gasteiger partial charge on any atom is -0.490 e. The number of morpholine rings is 1. The summed E-state index contributed by atoms with van der Waals surface area (Å²) < 4.78 is 22.6. The highest BCUT2D eigenvalue weighted by Crippen LogP contribution is 2.33. The first-order chi connectivity index (χ1) is 15.9. The first kappa shape index (κ1) is 25.6. The Labute approximate surface area is 213 Å². The molecule has 0 unspecified atom stereocenters. The number of nitrogens with zero attached hydrogens (tertiary/aromatic N) is 2. The van der Waals surface area contributed by atoms with E-state index in [0.29, 0.717) is 19.8 Å². The zero-order valence-electron chi connectivity index (χ0n) is 19.1. The summed E-state index contributed by atoms with van der Waals surface area (Å²) in [7, 11) is 0. The number of halogens is 1. The Bertz CT molecular complexity index is 841. The van der Waals surface area contributed by atoms with Crippen molar-refractivity contribution in [3.05, 3.63) is 47.9 Å². The number of benzene rings is 1. The first-order valence-corrected chi connectivity index (χ1v) is 11.6. The number of rotatable bonds is 9. The van der Waals surface area contributed by atoms with Gasteiger partial charge in [-0.3, -0.25) is 4.90 Å². The minimum atomic E-state index is 0. The molecule has 4 rings (SSSR count). The summed E-state index contributed by atoms with van der Waals surface area (Å²) in [6, 6.07) is 9.91. The van der Waals surface area contributed by atoms with Crippen LogP contribution >= 0.6 is 24.0 Å². The van der Waals surface area contributed by atoms with Gasteiger partial charge in [-0.25, -0.2) is 4.99 Å². The molecule has 0 bridgehead atoms. The average Bonchev–Trinajstić information content (AvgIpc) is 3.23. The van der Waals surface area contributed by atoms with Crippen molar-refractivity contribution in [3.63, 3.8) is 0 Å². The Balaban J connectivity index is 0.00000306. The van der Waals surface area contributed by atoms with E-state index in [1.165, 1.54) is 0 Å². The molecule has 33 heavy (non-hydrogen) atoms. The maximum atomic E-state index is 5.94. The molecule has 2 aliphatic heterocycles. The van der Waals surface area contributed by atoms with Gasteiger partial charge >= 0.3 is 0 Å². The molecule has 3 heterocycles. The molecular formula is C24H35IN4O4. The van der Waals surface area contributed by atoms with E-state index >= 15 is 0 Å². The number of nitrogens with one attached hydrogen (secondary N) is 2. The van der Waals surface area contributed by atoms with Crippen LogP contribution in [-0.4, -0.2) is 70.0 Å². The number of para-hydroxylation sites is 1. The number of ether oxygens (including phenoxy) is 3. The van der Waals surface area contributed by atoms with Crippen molar-refractivity contribution in [2.45, 2.75) is 25.8 Å². The van der Waals surface area contributed by atoms with Crippen molar-refractivity contribution in [2.75, 3.05) is 59.2 Å². The van der Waals surface area contributed by atoms with Crippen molar-refractivity contribution in [1.29, 1.82) is 0 Å². The molecule has 9 heteroatoms. The Kier molecular flexibility index (Phi) is 11.1. The predicted molar refractivity (Wildman–Crippen MR) is 139 cm³/mol. The number of hydrogen-bond acceptors (Lipinski definition) is 6. The highest BCUT2D eigenvalue weighted by atomic mass is 127. The lowest BCUT2D eigenvalue weighted by molar-refractivity contribution is 0.0376. The second kappa shape index (κ2) is 14.3. The van der Waals surface area contributed by atoms with E-state index in [9.17, 15) is 0 Å². The molecule has 8 nitrogen and oxygen atoms in total. The van der Waals surface area contributed by atoms with Crippen molar-refractivity contribution >= 4 is 29.9 Å². The molecule has 0 aliphatic carbocycles. The van der Waals surface area contributed by atoms with Gasteiger partial charge in [-0.05, 0) is 31.2 Å². The number of fused-ring (bicyclic) bond motifs is 1. The molecule has 0 atom stereocenters. The smallest absolute Gasteiger partial charge is 0.191 e. The summed E-state index contributed by atoms with van der Waals surface area (Å²) in [6.07, 6.45) is 4.45. The summed E-state index contributed by atoms with van der Waals surface area (Å²) in [4.78, 5) is 7.28. The van der Waals surface area contributed by atoms with Crippen LogP contribution in [0.5, 0.6) is 11.5 Å². The van der Waals surface area contributed by atoms with E-state index in [4.69, 9.17) is 23.6 Å². The highest BCUT2D eigenvalue weighted by molar-refractivity contribution is 14.0. The Morgan fingerprint density at radius 1 is 0.970 bits per heavy atom.